The van der Waals surface area contributed by atoms with Crippen LogP contribution in [0.2, 0.25) is 0 Å². The van der Waals surface area contributed by atoms with Crippen molar-refractivity contribution in [2.45, 2.75) is 328 Å². The number of ether oxygens (including phenoxy) is 1. The Morgan fingerprint density at radius 2 is 0.769 bits per heavy atom. The molecule has 0 saturated carbocycles. The number of carbonyl (C=O) groups is 2. The van der Waals surface area contributed by atoms with Gasteiger partial charge in [-0.05, 0) is 57.8 Å². The van der Waals surface area contributed by atoms with Crippen molar-refractivity contribution in [2.75, 3.05) is 13.2 Å². The standard InChI is InChI=1S/C59H113NO5/c1-3-5-7-9-11-13-15-17-19-20-21-24-27-31-35-39-43-47-51-57(62)56(55-61)60-58(63)52-48-44-40-36-32-28-25-22-26-30-34-38-42-46-50-54-65-59(64)53-49-45-41-37-33-29-23-18-16-14-12-10-8-6-4-2/h12,14,18,23,56-57,61-62H,3-11,13,15-17,19-22,24-55H2,1-2H3,(H,60,63)/b14-12-,23-18-. The van der Waals surface area contributed by atoms with Gasteiger partial charge >= 0.3 is 5.97 Å². The minimum atomic E-state index is -0.671. The summed E-state index contributed by atoms with van der Waals surface area (Å²) in [6.45, 7) is 4.92. The van der Waals surface area contributed by atoms with E-state index in [9.17, 15) is 19.8 Å². The Balaban J connectivity index is 3.44. The van der Waals surface area contributed by atoms with Crippen molar-refractivity contribution < 1.29 is 24.5 Å². The fourth-order valence-corrected chi connectivity index (χ4v) is 9.02. The fraction of sp³-hybridized carbons (Fsp3) is 0.898. The van der Waals surface area contributed by atoms with E-state index in [-0.39, 0.29) is 18.5 Å². The molecule has 0 aromatic carbocycles. The molecule has 0 spiro atoms. The number of esters is 1. The second-order valence-corrected chi connectivity index (χ2v) is 20.0. The maximum Gasteiger partial charge on any atom is 0.305 e. The summed E-state index contributed by atoms with van der Waals surface area (Å²) in [4.78, 5) is 24.5. The highest BCUT2D eigenvalue weighted by Crippen LogP contribution is 2.17. The lowest BCUT2D eigenvalue weighted by Gasteiger charge is -2.22. The van der Waals surface area contributed by atoms with Gasteiger partial charge < -0.3 is 20.3 Å². The van der Waals surface area contributed by atoms with Gasteiger partial charge in [-0.15, -0.1) is 0 Å². The molecule has 0 saturated heterocycles. The van der Waals surface area contributed by atoms with E-state index in [1.807, 2.05) is 0 Å². The molecule has 0 radical (unpaired) electrons. The van der Waals surface area contributed by atoms with Crippen LogP contribution in [0.5, 0.6) is 0 Å². The largest absolute Gasteiger partial charge is 0.466 e. The summed E-state index contributed by atoms with van der Waals surface area (Å²) < 4.78 is 5.47. The van der Waals surface area contributed by atoms with E-state index in [0.717, 1.165) is 57.8 Å². The number of rotatable bonds is 54. The van der Waals surface area contributed by atoms with Crippen LogP contribution < -0.4 is 5.32 Å². The SMILES string of the molecule is CCCCC/C=C\C/C=C\CCCCCCCC(=O)OCCCCCCCCCCCCCCCCCC(=O)NC(CO)C(O)CCCCCCCCCCCCCCCCCCCC. The number of amides is 1. The molecule has 6 heteroatoms. The van der Waals surface area contributed by atoms with Gasteiger partial charge in [0.15, 0.2) is 0 Å². The van der Waals surface area contributed by atoms with Gasteiger partial charge in [-0.3, -0.25) is 9.59 Å². The molecule has 0 aliphatic rings. The monoisotopic (exact) mass is 916 g/mol. The average Bonchev–Trinajstić information content (AvgIpc) is 3.31. The Hall–Kier alpha value is -1.66. The number of hydrogen-bond acceptors (Lipinski definition) is 5. The van der Waals surface area contributed by atoms with Crippen molar-refractivity contribution in [3.63, 3.8) is 0 Å². The summed E-state index contributed by atoms with van der Waals surface area (Å²) in [5, 5.41) is 23.3. The summed E-state index contributed by atoms with van der Waals surface area (Å²) in [6, 6.07) is -0.549. The van der Waals surface area contributed by atoms with Crippen molar-refractivity contribution in [1.29, 1.82) is 0 Å². The van der Waals surface area contributed by atoms with Crippen molar-refractivity contribution in [1.82, 2.24) is 5.32 Å². The Kier molecular flexibility index (Phi) is 53.5. The number of hydrogen-bond donors (Lipinski definition) is 3. The molecule has 1 amide bonds. The average molecular weight is 917 g/mol. The molecule has 0 aliphatic carbocycles. The zero-order chi connectivity index (χ0) is 47.2. The van der Waals surface area contributed by atoms with Crippen LogP contribution in [0, 0.1) is 0 Å². The smallest absolute Gasteiger partial charge is 0.305 e. The minimum Gasteiger partial charge on any atom is -0.466 e. The Morgan fingerprint density at radius 1 is 0.431 bits per heavy atom. The van der Waals surface area contributed by atoms with E-state index < -0.39 is 12.1 Å². The lowest BCUT2D eigenvalue weighted by atomic mass is 10.0. The van der Waals surface area contributed by atoms with Gasteiger partial charge in [-0.1, -0.05) is 269 Å². The van der Waals surface area contributed by atoms with Crippen LogP contribution in [0.4, 0.5) is 0 Å². The van der Waals surface area contributed by atoms with Crippen LogP contribution in [0.3, 0.4) is 0 Å². The molecule has 0 aromatic rings. The Bertz CT molecular complexity index is 1010. The number of nitrogens with one attached hydrogen (secondary N) is 1. The van der Waals surface area contributed by atoms with Gasteiger partial charge in [0.25, 0.3) is 0 Å². The molecule has 0 heterocycles. The zero-order valence-electron chi connectivity index (χ0n) is 43.7. The molecule has 65 heavy (non-hydrogen) atoms. The van der Waals surface area contributed by atoms with Gasteiger partial charge in [0.2, 0.25) is 5.91 Å². The number of allylic oxidation sites excluding steroid dienone is 4. The maximum absolute atomic E-state index is 12.5. The van der Waals surface area contributed by atoms with Crippen molar-refractivity contribution >= 4 is 11.9 Å². The van der Waals surface area contributed by atoms with Gasteiger partial charge in [0, 0.05) is 12.8 Å². The first-order chi connectivity index (χ1) is 32.0. The lowest BCUT2D eigenvalue weighted by molar-refractivity contribution is -0.143. The molecule has 0 aromatic heterocycles. The second-order valence-electron chi connectivity index (χ2n) is 20.0. The fourth-order valence-electron chi connectivity index (χ4n) is 9.02. The predicted octanol–water partition coefficient (Wildman–Crippen LogP) is 17.9. The highest BCUT2D eigenvalue weighted by molar-refractivity contribution is 5.76. The van der Waals surface area contributed by atoms with Crippen LogP contribution in [-0.4, -0.2) is 47.4 Å². The van der Waals surface area contributed by atoms with Crippen LogP contribution in [0.1, 0.15) is 316 Å². The number of carbonyl (C=O) groups excluding carboxylic acids is 2. The quantitative estimate of drug-likeness (QED) is 0.0321. The summed E-state index contributed by atoms with van der Waals surface area (Å²) in [5.41, 5.74) is 0. The third-order valence-electron chi connectivity index (χ3n) is 13.5. The maximum atomic E-state index is 12.5. The normalized spacial score (nSPS) is 12.7. The predicted molar refractivity (Wildman–Crippen MR) is 283 cm³/mol. The zero-order valence-corrected chi connectivity index (χ0v) is 43.7. The number of aliphatic hydroxyl groups is 2. The van der Waals surface area contributed by atoms with Crippen molar-refractivity contribution in [2.24, 2.45) is 0 Å². The first kappa shape index (κ1) is 63.3. The lowest BCUT2D eigenvalue weighted by Crippen LogP contribution is -2.45. The van der Waals surface area contributed by atoms with Crippen LogP contribution in [0.15, 0.2) is 24.3 Å². The first-order valence-electron chi connectivity index (χ1n) is 29.1. The molecule has 2 atom stereocenters. The summed E-state index contributed by atoms with van der Waals surface area (Å²) >= 11 is 0. The molecule has 0 bridgehead atoms. The molecular formula is C59H113NO5. The van der Waals surface area contributed by atoms with Crippen LogP contribution in [0.25, 0.3) is 0 Å². The van der Waals surface area contributed by atoms with E-state index >= 15 is 0 Å². The van der Waals surface area contributed by atoms with Gasteiger partial charge in [-0.25, -0.2) is 0 Å². The Morgan fingerprint density at radius 3 is 1.20 bits per heavy atom. The Labute approximate surface area is 405 Å². The molecule has 384 valence electrons. The summed E-state index contributed by atoms with van der Waals surface area (Å²) in [7, 11) is 0. The third-order valence-corrected chi connectivity index (χ3v) is 13.5. The molecule has 6 nitrogen and oxygen atoms in total. The van der Waals surface area contributed by atoms with Gasteiger partial charge in [-0.2, -0.15) is 0 Å². The molecular weight excluding hydrogens is 803 g/mol. The minimum absolute atomic E-state index is 0.0128. The summed E-state index contributed by atoms with van der Waals surface area (Å²) in [5.74, 6) is -0.0546. The van der Waals surface area contributed by atoms with E-state index in [1.54, 1.807) is 0 Å². The molecule has 0 rings (SSSR count). The summed E-state index contributed by atoms with van der Waals surface area (Å²) in [6.07, 6.45) is 65.9. The molecule has 3 N–H and O–H groups in total. The molecule has 0 fully saturated rings. The van der Waals surface area contributed by atoms with Crippen LogP contribution in [-0.2, 0) is 14.3 Å². The number of aliphatic hydroxyl groups excluding tert-OH is 2. The van der Waals surface area contributed by atoms with E-state index in [2.05, 4.69) is 43.5 Å². The highest BCUT2D eigenvalue weighted by Gasteiger charge is 2.20. The number of unbranched alkanes of at least 4 members (excludes halogenated alkanes) is 39. The van der Waals surface area contributed by atoms with Crippen molar-refractivity contribution in [3.05, 3.63) is 24.3 Å². The molecule has 2 unspecified atom stereocenters. The van der Waals surface area contributed by atoms with E-state index in [0.29, 0.717) is 25.9 Å². The highest BCUT2D eigenvalue weighted by atomic mass is 16.5. The van der Waals surface area contributed by atoms with Gasteiger partial charge in [0.1, 0.15) is 0 Å². The van der Waals surface area contributed by atoms with Gasteiger partial charge in [0.05, 0.1) is 25.4 Å². The van der Waals surface area contributed by atoms with E-state index in [1.165, 1.54) is 225 Å². The molecule has 0 aliphatic heterocycles. The van der Waals surface area contributed by atoms with Crippen LogP contribution >= 0.6 is 0 Å². The van der Waals surface area contributed by atoms with Crippen molar-refractivity contribution in [3.8, 4) is 0 Å². The topological polar surface area (TPSA) is 95.9 Å². The van der Waals surface area contributed by atoms with E-state index in [4.69, 9.17) is 4.74 Å². The first-order valence-corrected chi connectivity index (χ1v) is 29.1. The second kappa shape index (κ2) is 54.9. The third kappa shape index (κ3) is 51.6.